The van der Waals surface area contributed by atoms with Crippen molar-refractivity contribution in [2.24, 2.45) is 0 Å². The number of carbonyl (C=O) groups excluding carboxylic acids is 2. The first-order valence-corrected chi connectivity index (χ1v) is 12.0. The maximum Gasteiger partial charge on any atom is 0.409 e. The molecule has 10 nitrogen and oxygen atoms in total. The Morgan fingerprint density at radius 2 is 1.89 bits per heavy atom. The van der Waals surface area contributed by atoms with Crippen LogP contribution in [0.4, 0.5) is 10.6 Å². The number of nitrogens with one attached hydrogen (secondary N) is 1. The molecule has 1 fully saturated rings. The van der Waals surface area contributed by atoms with Crippen LogP contribution < -0.4 is 5.32 Å². The van der Waals surface area contributed by atoms with Crippen LogP contribution in [-0.4, -0.2) is 61.5 Å². The van der Waals surface area contributed by atoms with Gasteiger partial charge in [-0.25, -0.2) is 19.0 Å². The number of hydrogen-bond acceptors (Lipinski definition) is 6. The number of amides is 2. The Kier molecular flexibility index (Phi) is 6.25. The Hall–Kier alpha value is -3.73. The van der Waals surface area contributed by atoms with Gasteiger partial charge in [-0.05, 0) is 47.8 Å². The van der Waals surface area contributed by atoms with E-state index in [0.29, 0.717) is 30.1 Å². The zero-order valence-corrected chi connectivity index (χ0v) is 20.9. The molecule has 1 aliphatic heterocycles. The Balaban J connectivity index is 1.44. The number of rotatable bonds is 4. The molecule has 0 radical (unpaired) electrons. The van der Waals surface area contributed by atoms with E-state index in [9.17, 15) is 9.59 Å². The molecule has 0 aliphatic carbocycles. The number of ether oxygens (including phenoxy) is 1. The summed E-state index contributed by atoms with van der Waals surface area (Å²) in [5.74, 6) is 0.394. The molecule has 1 N–H and O–H groups in total. The van der Waals surface area contributed by atoms with Gasteiger partial charge in [0.25, 0.3) is 5.91 Å². The minimum atomic E-state index is -0.324. The predicted molar refractivity (Wildman–Crippen MR) is 133 cm³/mol. The van der Waals surface area contributed by atoms with E-state index in [0.717, 1.165) is 34.3 Å². The van der Waals surface area contributed by atoms with Crippen molar-refractivity contribution < 1.29 is 14.3 Å². The Morgan fingerprint density at radius 3 is 2.60 bits per heavy atom. The number of carbonyl (C=O) groups is 2. The van der Waals surface area contributed by atoms with Crippen molar-refractivity contribution in [2.45, 2.75) is 25.7 Å². The van der Waals surface area contributed by atoms with E-state index < -0.39 is 0 Å². The summed E-state index contributed by atoms with van der Waals surface area (Å²) in [6.07, 6.45) is 6.09. The number of anilines is 1. The smallest absolute Gasteiger partial charge is 0.409 e. The van der Waals surface area contributed by atoms with Crippen molar-refractivity contribution in [1.29, 1.82) is 0 Å². The fourth-order valence-electron chi connectivity index (χ4n) is 4.25. The summed E-state index contributed by atoms with van der Waals surface area (Å²) >= 11 is 3.36. The molecule has 1 aliphatic rings. The van der Waals surface area contributed by atoms with Crippen LogP contribution in [0.15, 0.2) is 53.4 Å². The van der Waals surface area contributed by atoms with Gasteiger partial charge >= 0.3 is 6.09 Å². The van der Waals surface area contributed by atoms with Gasteiger partial charge in [-0.2, -0.15) is 10.2 Å². The second-order valence-corrected chi connectivity index (χ2v) is 9.40. The largest absolute Gasteiger partial charge is 0.453 e. The van der Waals surface area contributed by atoms with Crippen molar-refractivity contribution in [2.75, 3.05) is 25.5 Å². The molecule has 0 atom stereocenters. The van der Waals surface area contributed by atoms with Gasteiger partial charge in [-0.1, -0.05) is 17.7 Å². The summed E-state index contributed by atoms with van der Waals surface area (Å²) < 4.78 is 8.90. The van der Waals surface area contributed by atoms with Gasteiger partial charge in [0.05, 0.1) is 29.2 Å². The van der Waals surface area contributed by atoms with Crippen LogP contribution in [0.1, 0.15) is 40.4 Å². The SMILES string of the molecule is COC(=O)N1CCC(c2cc(NC(=O)c3cnn4cc(Br)cnc34)n(-c3ccc(C)cc3)n2)CC1. The molecule has 0 saturated carbocycles. The highest BCUT2D eigenvalue weighted by atomic mass is 79.9. The van der Waals surface area contributed by atoms with Crippen molar-refractivity contribution in [3.63, 3.8) is 0 Å². The van der Waals surface area contributed by atoms with Crippen LogP contribution in [0, 0.1) is 6.92 Å². The van der Waals surface area contributed by atoms with Crippen LogP contribution in [-0.2, 0) is 4.74 Å². The number of benzene rings is 1. The fraction of sp³-hybridized carbons (Fsp3) is 0.292. The minimum Gasteiger partial charge on any atom is -0.453 e. The van der Waals surface area contributed by atoms with E-state index in [2.05, 4.69) is 31.3 Å². The highest BCUT2D eigenvalue weighted by molar-refractivity contribution is 9.10. The molecule has 2 amide bonds. The zero-order chi connectivity index (χ0) is 24.5. The molecule has 0 unspecified atom stereocenters. The van der Waals surface area contributed by atoms with Crippen LogP contribution >= 0.6 is 15.9 Å². The molecule has 4 heterocycles. The number of aryl methyl sites for hydroxylation is 1. The van der Waals surface area contributed by atoms with Crippen LogP contribution in [0.25, 0.3) is 11.3 Å². The zero-order valence-electron chi connectivity index (χ0n) is 19.3. The lowest BCUT2D eigenvalue weighted by atomic mass is 9.94. The quantitative estimate of drug-likeness (QED) is 0.418. The summed E-state index contributed by atoms with van der Waals surface area (Å²) in [6.45, 7) is 3.21. The van der Waals surface area contributed by atoms with Gasteiger partial charge in [0.2, 0.25) is 0 Å². The molecule has 35 heavy (non-hydrogen) atoms. The van der Waals surface area contributed by atoms with E-state index in [4.69, 9.17) is 9.84 Å². The van der Waals surface area contributed by atoms with Crippen LogP contribution in [0.3, 0.4) is 0 Å². The van der Waals surface area contributed by atoms with Gasteiger partial charge in [0.1, 0.15) is 11.4 Å². The molecule has 11 heteroatoms. The number of hydrogen-bond donors (Lipinski definition) is 1. The normalized spacial score (nSPS) is 14.3. The molecular formula is C24H24BrN7O3. The molecule has 180 valence electrons. The average molecular weight is 538 g/mol. The Labute approximate surface area is 210 Å². The van der Waals surface area contributed by atoms with Gasteiger partial charge in [-0.3, -0.25) is 4.79 Å². The third-order valence-corrected chi connectivity index (χ3v) is 6.57. The minimum absolute atomic E-state index is 0.161. The molecular weight excluding hydrogens is 514 g/mol. The molecule has 1 saturated heterocycles. The second-order valence-electron chi connectivity index (χ2n) is 8.49. The summed E-state index contributed by atoms with van der Waals surface area (Å²) in [6, 6.07) is 9.85. The number of halogens is 1. The number of fused-ring (bicyclic) bond motifs is 1. The maximum absolute atomic E-state index is 13.2. The molecule has 0 spiro atoms. The number of likely N-dealkylation sites (tertiary alicyclic amines) is 1. The summed E-state index contributed by atoms with van der Waals surface area (Å²) in [7, 11) is 1.39. The lowest BCUT2D eigenvalue weighted by Crippen LogP contribution is -2.37. The van der Waals surface area contributed by atoms with E-state index in [1.165, 1.54) is 13.3 Å². The topological polar surface area (TPSA) is 107 Å². The molecule has 3 aromatic heterocycles. The highest BCUT2D eigenvalue weighted by Crippen LogP contribution is 2.31. The fourth-order valence-corrected chi connectivity index (χ4v) is 4.55. The molecule has 5 rings (SSSR count). The first-order chi connectivity index (χ1) is 16.9. The number of nitrogens with zero attached hydrogens (tertiary/aromatic N) is 6. The lowest BCUT2D eigenvalue weighted by Gasteiger charge is -2.29. The standard InChI is InChI=1S/C24H24BrN7O3/c1-15-3-5-18(6-4-15)32-21(11-20(29-32)16-7-9-30(10-8-16)24(34)35-2)28-23(33)19-13-27-31-14-17(25)12-26-22(19)31/h3-6,11-14,16H,7-10H2,1-2H3,(H,28,33). The van der Waals surface area contributed by atoms with Gasteiger partial charge in [0.15, 0.2) is 5.65 Å². The van der Waals surface area contributed by atoms with Crippen molar-refractivity contribution >= 4 is 39.4 Å². The van der Waals surface area contributed by atoms with Gasteiger partial charge in [-0.15, -0.1) is 0 Å². The van der Waals surface area contributed by atoms with Crippen LogP contribution in [0.2, 0.25) is 0 Å². The summed E-state index contributed by atoms with van der Waals surface area (Å²) in [4.78, 5) is 31.1. The molecule has 4 aromatic rings. The summed E-state index contributed by atoms with van der Waals surface area (Å²) in [5, 5.41) is 12.1. The summed E-state index contributed by atoms with van der Waals surface area (Å²) in [5.41, 5.74) is 3.66. The van der Waals surface area contributed by atoms with Gasteiger partial charge in [0, 0.05) is 37.5 Å². The monoisotopic (exact) mass is 537 g/mol. The van der Waals surface area contributed by atoms with Crippen LogP contribution in [0.5, 0.6) is 0 Å². The van der Waals surface area contributed by atoms with E-state index in [1.807, 2.05) is 37.3 Å². The van der Waals surface area contributed by atoms with Crippen molar-refractivity contribution in [1.82, 2.24) is 29.3 Å². The Morgan fingerprint density at radius 1 is 1.14 bits per heavy atom. The first-order valence-electron chi connectivity index (χ1n) is 11.2. The third-order valence-electron chi connectivity index (χ3n) is 6.16. The van der Waals surface area contributed by atoms with E-state index in [-0.39, 0.29) is 17.9 Å². The molecule has 1 aromatic carbocycles. The lowest BCUT2D eigenvalue weighted by molar-refractivity contribution is 0.102. The predicted octanol–water partition coefficient (Wildman–Crippen LogP) is 4.18. The van der Waals surface area contributed by atoms with Crippen molar-refractivity contribution in [3.8, 4) is 5.69 Å². The second kappa shape index (κ2) is 9.49. The van der Waals surface area contributed by atoms with Crippen molar-refractivity contribution in [3.05, 3.63) is 70.2 Å². The highest BCUT2D eigenvalue weighted by Gasteiger charge is 2.27. The number of methoxy groups -OCH3 is 1. The average Bonchev–Trinajstić information content (AvgIpc) is 3.48. The first kappa shape index (κ1) is 23.0. The van der Waals surface area contributed by atoms with E-state index >= 15 is 0 Å². The number of piperidine rings is 1. The van der Waals surface area contributed by atoms with E-state index in [1.54, 1.807) is 26.5 Å². The van der Waals surface area contributed by atoms with Gasteiger partial charge < -0.3 is 15.0 Å². The Bertz CT molecular complexity index is 1390. The molecule has 0 bridgehead atoms. The third kappa shape index (κ3) is 4.63. The number of aromatic nitrogens is 5. The maximum atomic E-state index is 13.2.